The van der Waals surface area contributed by atoms with Crippen LogP contribution in [-0.2, 0) is 4.79 Å². The fraction of sp³-hybridized carbons (Fsp3) is 0.148. The van der Waals surface area contributed by atoms with Crippen molar-refractivity contribution in [2.45, 2.75) is 11.9 Å². The third-order valence-electron chi connectivity index (χ3n) is 5.41. The molecule has 0 spiro atoms. The van der Waals surface area contributed by atoms with Gasteiger partial charge in [-0.2, -0.15) is 5.26 Å². The maximum absolute atomic E-state index is 13.5. The van der Waals surface area contributed by atoms with Gasteiger partial charge in [0.25, 0.3) is 5.91 Å². The minimum atomic E-state index is -0.416. The molecule has 11 heteroatoms. The van der Waals surface area contributed by atoms with Crippen molar-refractivity contribution >= 4 is 45.7 Å². The van der Waals surface area contributed by atoms with Gasteiger partial charge >= 0.3 is 0 Å². The van der Waals surface area contributed by atoms with E-state index in [2.05, 4.69) is 26.7 Å². The molecule has 0 saturated carbocycles. The van der Waals surface area contributed by atoms with Crippen molar-refractivity contribution in [3.05, 3.63) is 76.9 Å². The van der Waals surface area contributed by atoms with Crippen LogP contribution < -0.4 is 20.1 Å². The molecule has 0 aliphatic carbocycles. The molecule has 38 heavy (non-hydrogen) atoms. The van der Waals surface area contributed by atoms with Crippen molar-refractivity contribution < 1.29 is 19.1 Å². The van der Waals surface area contributed by atoms with E-state index < -0.39 is 5.91 Å². The Kier molecular flexibility index (Phi) is 8.58. The van der Waals surface area contributed by atoms with Crippen LogP contribution >= 0.6 is 23.1 Å². The highest BCUT2D eigenvalue weighted by Gasteiger charge is 2.26. The monoisotopic (exact) mass is 545 g/mol. The molecule has 0 bridgehead atoms. The van der Waals surface area contributed by atoms with Crippen molar-refractivity contribution in [3.8, 4) is 28.7 Å². The lowest BCUT2D eigenvalue weighted by Gasteiger charge is -2.18. The first-order valence-electron chi connectivity index (χ1n) is 11.3. The lowest BCUT2D eigenvalue weighted by atomic mass is 9.94. The highest BCUT2D eigenvalue weighted by molar-refractivity contribution is 8.00. The molecule has 0 atom stereocenters. The molecular formula is C27H23N5O4S2. The number of nitrogens with zero attached hydrogens (tertiary/aromatic N) is 3. The van der Waals surface area contributed by atoms with E-state index in [-0.39, 0.29) is 22.8 Å². The number of amides is 2. The summed E-state index contributed by atoms with van der Waals surface area (Å²) in [5.74, 6) is 0.244. The molecule has 0 unspecified atom stereocenters. The first-order chi connectivity index (χ1) is 18.4. The number of carbonyl (C=O) groups is 2. The zero-order valence-electron chi connectivity index (χ0n) is 20.8. The summed E-state index contributed by atoms with van der Waals surface area (Å²) in [5, 5.41) is 18.4. The summed E-state index contributed by atoms with van der Waals surface area (Å²) >= 11 is 2.42. The maximum Gasteiger partial charge on any atom is 0.258 e. The van der Waals surface area contributed by atoms with Gasteiger partial charge in [0.05, 0.1) is 36.8 Å². The Labute approximate surface area is 227 Å². The lowest BCUT2D eigenvalue weighted by Crippen LogP contribution is -2.18. The summed E-state index contributed by atoms with van der Waals surface area (Å²) in [6.45, 7) is 1.70. The first-order valence-corrected chi connectivity index (χ1v) is 13.2. The number of aromatic nitrogens is 2. The summed E-state index contributed by atoms with van der Waals surface area (Å²) in [6, 6.07) is 16.4. The largest absolute Gasteiger partial charge is 0.493 e. The topological polar surface area (TPSA) is 126 Å². The number of para-hydroxylation sites is 1. The number of thiazole rings is 1. The minimum absolute atomic E-state index is 0.00162. The molecule has 2 heterocycles. The summed E-state index contributed by atoms with van der Waals surface area (Å²) in [4.78, 5) is 34.6. The number of anilines is 2. The number of hydrogen-bond donors (Lipinski definition) is 2. The molecule has 0 radical (unpaired) electrons. The number of aryl methyl sites for hydroxylation is 1. The molecule has 4 rings (SSSR count). The molecule has 0 aliphatic rings. The van der Waals surface area contributed by atoms with E-state index >= 15 is 0 Å². The predicted molar refractivity (Wildman–Crippen MR) is 148 cm³/mol. The van der Waals surface area contributed by atoms with Crippen LogP contribution in [0.4, 0.5) is 10.8 Å². The molecule has 2 aromatic heterocycles. The Morgan fingerprint density at radius 1 is 1.08 bits per heavy atom. The predicted octanol–water partition coefficient (Wildman–Crippen LogP) is 5.39. The van der Waals surface area contributed by atoms with Gasteiger partial charge in [0.15, 0.2) is 16.6 Å². The summed E-state index contributed by atoms with van der Waals surface area (Å²) in [6.07, 6.45) is 1.60. The van der Waals surface area contributed by atoms with Gasteiger partial charge in [-0.05, 0) is 36.8 Å². The molecule has 192 valence electrons. The molecule has 0 saturated heterocycles. The Balaban J connectivity index is 1.79. The van der Waals surface area contributed by atoms with E-state index in [1.165, 1.54) is 25.6 Å². The molecule has 0 aliphatic heterocycles. The number of methoxy groups -OCH3 is 2. The SMILES string of the molecule is COc1ccc(-c2c(C#N)c(SCC(=O)Nc3nccs3)nc(C)c2C(=O)Nc2ccccc2)cc1OC. The summed E-state index contributed by atoms with van der Waals surface area (Å²) < 4.78 is 10.8. The smallest absolute Gasteiger partial charge is 0.258 e. The number of benzene rings is 2. The highest BCUT2D eigenvalue weighted by Crippen LogP contribution is 2.39. The lowest BCUT2D eigenvalue weighted by molar-refractivity contribution is -0.113. The van der Waals surface area contributed by atoms with Gasteiger partial charge in [-0.15, -0.1) is 11.3 Å². The zero-order chi connectivity index (χ0) is 27.1. The Bertz CT molecular complexity index is 1500. The molecule has 9 nitrogen and oxygen atoms in total. The average Bonchev–Trinajstić information content (AvgIpc) is 3.44. The van der Waals surface area contributed by atoms with Crippen molar-refractivity contribution in [1.29, 1.82) is 5.26 Å². The second kappa shape index (κ2) is 12.2. The number of ether oxygens (including phenoxy) is 2. The van der Waals surface area contributed by atoms with Gasteiger partial charge in [0.1, 0.15) is 11.1 Å². The van der Waals surface area contributed by atoms with Gasteiger partial charge < -0.3 is 20.1 Å². The standard InChI is InChI=1S/C27H23N5O4S2/c1-16-23(25(34)31-18-7-5-4-6-8-18)24(17-9-10-20(35-2)21(13-17)36-3)19(14-28)26(30-16)38-15-22(33)32-27-29-11-12-37-27/h4-13H,15H2,1-3H3,(H,31,34)(H,29,32,33). The first kappa shape index (κ1) is 26.7. The molecular weight excluding hydrogens is 522 g/mol. The van der Waals surface area contributed by atoms with E-state index in [0.717, 1.165) is 11.8 Å². The van der Waals surface area contributed by atoms with Crippen LogP contribution in [0.15, 0.2) is 65.1 Å². The van der Waals surface area contributed by atoms with Crippen molar-refractivity contribution in [3.63, 3.8) is 0 Å². The van der Waals surface area contributed by atoms with Gasteiger partial charge in [0.2, 0.25) is 5.91 Å². The Morgan fingerprint density at radius 2 is 1.84 bits per heavy atom. The third-order valence-corrected chi connectivity index (χ3v) is 7.07. The van der Waals surface area contributed by atoms with Crippen LogP contribution in [0.5, 0.6) is 11.5 Å². The van der Waals surface area contributed by atoms with Crippen LogP contribution in [0.3, 0.4) is 0 Å². The van der Waals surface area contributed by atoms with Gasteiger partial charge in [0, 0.05) is 22.8 Å². The minimum Gasteiger partial charge on any atom is -0.493 e. The zero-order valence-corrected chi connectivity index (χ0v) is 22.4. The van der Waals surface area contributed by atoms with Gasteiger partial charge in [-0.1, -0.05) is 36.0 Å². The maximum atomic E-state index is 13.5. The normalized spacial score (nSPS) is 10.4. The van der Waals surface area contributed by atoms with E-state index in [4.69, 9.17) is 9.47 Å². The highest BCUT2D eigenvalue weighted by atomic mass is 32.2. The second-order valence-electron chi connectivity index (χ2n) is 7.80. The molecule has 4 aromatic rings. The van der Waals surface area contributed by atoms with Gasteiger partial charge in [-0.25, -0.2) is 9.97 Å². The number of thioether (sulfide) groups is 1. The summed E-state index contributed by atoms with van der Waals surface area (Å²) in [7, 11) is 3.04. The van der Waals surface area contributed by atoms with E-state index in [1.807, 2.05) is 18.2 Å². The average molecular weight is 546 g/mol. The van der Waals surface area contributed by atoms with Crippen molar-refractivity contribution in [1.82, 2.24) is 9.97 Å². The van der Waals surface area contributed by atoms with Crippen molar-refractivity contribution in [2.75, 3.05) is 30.6 Å². The van der Waals surface area contributed by atoms with Gasteiger partial charge in [-0.3, -0.25) is 9.59 Å². The second-order valence-corrected chi connectivity index (χ2v) is 9.66. The third kappa shape index (κ3) is 5.94. The molecule has 2 amide bonds. The van der Waals surface area contributed by atoms with E-state index in [9.17, 15) is 14.9 Å². The number of nitrogens with one attached hydrogen (secondary N) is 2. The number of nitriles is 1. The number of pyridine rings is 1. The molecule has 2 aromatic carbocycles. The Hall–Kier alpha value is -4.40. The quantitative estimate of drug-likeness (QED) is 0.268. The van der Waals surface area contributed by atoms with Crippen LogP contribution in [0.2, 0.25) is 0 Å². The van der Waals surface area contributed by atoms with Crippen LogP contribution in [0.25, 0.3) is 11.1 Å². The summed E-state index contributed by atoms with van der Waals surface area (Å²) in [5.41, 5.74) is 2.38. The van der Waals surface area contributed by atoms with Crippen LogP contribution in [0, 0.1) is 18.3 Å². The fourth-order valence-corrected chi connectivity index (χ4v) is 5.11. The van der Waals surface area contributed by atoms with E-state index in [1.54, 1.807) is 48.8 Å². The van der Waals surface area contributed by atoms with E-state index in [0.29, 0.717) is 44.2 Å². The number of rotatable bonds is 9. The molecule has 0 fully saturated rings. The van der Waals surface area contributed by atoms with Crippen LogP contribution in [-0.4, -0.2) is 41.8 Å². The van der Waals surface area contributed by atoms with Crippen molar-refractivity contribution in [2.24, 2.45) is 0 Å². The molecule has 2 N–H and O–H groups in total. The number of carbonyl (C=O) groups excluding carboxylic acids is 2. The Morgan fingerprint density at radius 3 is 2.50 bits per heavy atom. The fourth-order valence-electron chi connectivity index (χ4n) is 3.73. The number of hydrogen-bond acceptors (Lipinski definition) is 9. The van der Waals surface area contributed by atoms with Crippen LogP contribution in [0.1, 0.15) is 21.6 Å².